The third kappa shape index (κ3) is 2.24. The molecule has 5 rings (SSSR count). The lowest BCUT2D eigenvalue weighted by Crippen LogP contribution is -2.44. The van der Waals surface area contributed by atoms with Crippen molar-refractivity contribution in [3.8, 4) is 0 Å². The Morgan fingerprint density at radius 2 is 1.85 bits per heavy atom. The third-order valence-electron chi connectivity index (χ3n) is 5.64. The first-order valence-corrected chi connectivity index (χ1v) is 9.46. The number of carbonyl (C=O) groups is 2. The largest absolute Gasteiger partial charge is 0.356 e. The first-order valence-electron chi connectivity index (χ1n) is 9.08. The summed E-state index contributed by atoms with van der Waals surface area (Å²) >= 11 is 6.07. The number of halogens is 1. The fourth-order valence-corrected chi connectivity index (χ4v) is 4.54. The summed E-state index contributed by atoms with van der Waals surface area (Å²) in [6.07, 6.45) is 0.532. The summed E-state index contributed by atoms with van der Waals surface area (Å²) in [6.45, 7) is 2.22. The fraction of sp³-hybridized carbons (Fsp3) is 0.238. The smallest absolute Gasteiger partial charge is 0.328 e. The zero-order valence-electron chi connectivity index (χ0n) is 14.8. The van der Waals surface area contributed by atoms with E-state index in [0.29, 0.717) is 18.0 Å². The molecule has 5 nitrogen and oxygen atoms in total. The molecule has 0 saturated carbocycles. The number of rotatable bonds is 2. The van der Waals surface area contributed by atoms with E-state index in [4.69, 9.17) is 11.6 Å². The minimum atomic E-state index is -0.468. The van der Waals surface area contributed by atoms with E-state index in [-0.39, 0.29) is 18.0 Å². The molecule has 0 unspecified atom stereocenters. The molecule has 3 amide bonds. The van der Waals surface area contributed by atoms with Crippen molar-refractivity contribution in [1.82, 2.24) is 14.8 Å². The predicted octanol–water partition coefficient (Wildman–Crippen LogP) is 4.12. The summed E-state index contributed by atoms with van der Waals surface area (Å²) in [7, 11) is 0. The third-order valence-corrected chi connectivity index (χ3v) is 5.89. The summed E-state index contributed by atoms with van der Waals surface area (Å²) in [6, 6.07) is 14.5. The Morgan fingerprint density at radius 3 is 2.59 bits per heavy atom. The molecule has 1 N–H and O–H groups in total. The summed E-state index contributed by atoms with van der Waals surface area (Å²) in [4.78, 5) is 32.5. The second-order valence-electron chi connectivity index (χ2n) is 7.01. The summed E-state index contributed by atoms with van der Waals surface area (Å²) < 4.78 is 0. The average molecular weight is 380 g/mol. The molecule has 3 aromatic rings. The Hall–Kier alpha value is -2.79. The van der Waals surface area contributed by atoms with Crippen LogP contribution in [-0.4, -0.2) is 39.3 Å². The van der Waals surface area contributed by atoms with Crippen molar-refractivity contribution in [2.75, 3.05) is 6.54 Å². The molecule has 1 saturated heterocycles. The SMILES string of the molecule is CCN1C(=O)[C@@H]2Cc3c([nH]c4ccccc34)[C@H](c3ccc(Cl)cc3)N2C1=O. The Morgan fingerprint density at radius 1 is 1.11 bits per heavy atom. The lowest BCUT2D eigenvalue weighted by molar-refractivity contribution is -0.128. The van der Waals surface area contributed by atoms with Gasteiger partial charge in [0, 0.05) is 34.6 Å². The lowest BCUT2D eigenvalue weighted by atomic mass is 9.89. The van der Waals surface area contributed by atoms with Crippen LogP contribution in [-0.2, 0) is 11.2 Å². The second-order valence-corrected chi connectivity index (χ2v) is 7.45. The standard InChI is InChI=1S/C21H18ClN3O2/c1-2-24-20(26)17-11-15-14-5-3-4-6-16(14)23-18(15)19(25(17)21(24)27)12-7-9-13(22)10-8-12/h3-10,17,19,23H,2,11H2,1H3/t17-,19-/m0/s1. The van der Waals surface area contributed by atoms with E-state index in [2.05, 4.69) is 11.1 Å². The first kappa shape index (κ1) is 16.4. The van der Waals surface area contributed by atoms with Crippen LogP contribution in [0.15, 0.2) is 48.5 Å². The van der Waals surface area contributed by atoms with Crippen LogP contribution < -0.4 is 0 Å². The highest BCUT2D eigenvalue weighted by Crippen LogP contribution is 2.43. The van der Waals surface area contributed by atoms with Gasteiger partial charge in [-0.2, -0.15) is 0 Å². The second kappa shape index (κ2) is 5.86. The van der Waals surface area contributed by atoms with Crippen molar-refractivity contribution in [2.24, 2.45) is 0 Å². The molecular formula is C21H18ClN3O2. The van der Waals surface area contributed by atoms with Gasteiger partial charge in [0.15, 0.2) is 0 Å². The van der Waals surface area contributed by atoms with E-state index < -0.39 is 6.04 Å². The van der Waals surface area contributed by atoms with Crippen molar-refractivity contribution in [2.45, 2.75) is 25.4 Å². The average Bonchev–Trinajstić information content (AvgIpc) is 3.16. The van der Waals surface area contributed by atoms with Crippen LogP contribution in [0.25, 0.3) is 10.9 Å². The van der Waals surface area contributed by atoms with E-state index >= 15 is 0 Å². The summed E-state index contributed by atoms with van der Waals surface area (Å²) in [5.74, 6) is -0.114. The number of carbonyl (C=O) groups excluding carboxylic acids is 2. The Bertz CT molecular complexity index is 1070. The minimum absolute atomic E-state index is 0.114. The highest BCUT2D eigenvalue weighted by Gasteiger charge is 2.51. The van der Waals surface area contributed by atoms with Gasteiger partial charge in [-0.25, -0.2) is 4.79 Å². The lowest BCUT2D eigenvalue weighted by Gasteiger charge is -2.36. The number of hydrogen-bond donors (Lipinski definition) is 1. The van der Waals surface area contributed by atoms with Crippen molar-refractivity contribution in [3.63, 3.8) is 0 Å². The zero-order chi connectivity index (χ0) is 18.7. The molecule has 0 bridgehead atoms. The maximum Gasteiger partial charge on any atom is 0.328 e. The normalized spacial score (nSPS) is 21.7. The van der Waals surface area contributed by atoms with Gasteiger partial charge in [-0.3, -0.25) is 14.6 Å². The summed E-state index contributed by atoms with van der Waals surface area (Å²) in [5.41, 5.74) is 4.06. The predicted molar refractivity (Wildman–Crippen MR) is 104 cm³/mol. The first-order chi connectivity index (χ1) is 13.1. The molecule has 1 fully saturated rings. The Balaban J connectivity index is 1.75. The van der Waals surface area contributed by atoms with Gasteiger partial charge in [-0.15, -0.1) is 0 Å². The maximum absolute atomic E-state index is 13.0. The number of hydrogen-bond acceptors (Lipinski definition) is 2. The van der Waals surface area contributed by atoms with Crippen molar-refractivity contribution >= 4 is 34.4 Å². The van der Waals surface area contributed by atoms with Crippen molar-refractivity contribution in [1.29, 1.82) is 0 Å². The quantitative estimate of drug-likeness (QED) is 0.681. The number of likely N-dealkylation sites (N-methyl/N-ethyl adjacent to an activating group) is 1. The monoisotopic (exact) mass is 379 g/mol. The number of aromatic nitrogens is 1. The molecule has 2 aliphatic heterocycles. The number of para-hydroxylation sites is 1. The molecule has 136 valence electrons. The number of urea groups is 1. The Labute approximate surface area is 161 Å². The molecule has 1 aromatic heterocycles. The molecule has 6 heteroatoms. The zero-order valence-corrected chi connectivity index (χ0v) is 15.5. The number of benzene rings is 2. The van der Waals surface area contributed by atoms with Gasteiger partial charge in [0.2, 0.25) is 0 Å². The Kier molecular flexibility index (Phi) is 3.56. The van der Waals surface area contributed by atoms with Gasteiger partial charge in [0.1, 0.15) is 12.1 Å². The van der Waals surface area contributed by atoms with Gasteiger partial charge in [0.25, 0.3) is 5.91 Å². The molecule has 0 spiro atoms. The number of amides is 3. The number of H-pyrrole nitrogens is 1. The van der Waals surface area contributed by atoms with Gasteiger partial charge in [-0.05, 0) is 36.2 Å². The fourth-order valence-electron chi connectivity index (χ4n) is 4.41. The number of aromatic amines is 1. The molecule has 2 atom stereocenters. The molecule has 3 heterocycles. The van der Waals surface area contributed by atoms with Gasteiger partial charge < -0.3 is 4.98 Å². The van der Waals surface area contributed by atoms with Gasteiger partial charge >= 0.3 is 6.03 Å². The van der Waals surface area contributed by atoms with E-state index in [9.17, 15) is 9.59 Å². The van der Waals surface area contributed by atoms with Crippen LogP contribution in [0.3, 0.4) is 0 Å². The van der Waals surface area contributed by atoms with Crippen LogP contribution in [0.5, 0.6) is 0 Å². The molecule has 2 aromatic carbocycles. The maximum atomic E-state index is 13.0. The van der Waals surface area contributed by atoms with E-state index in [0.717, 1.165) is 27.7 Å². The number of nitrogens with zero attached hydrogens (tertiary/aromatic N) is 2. The van der Waals surface area contributed by atoms with Crippen LogP contribution >= 0.6 is 11.6 Å². The number of nitrogens with one attached hydrogen (secondary N) is 1. The van der Waals surface area contributed by atoms with E-state index in [1.807, 2.05) is 49.4 Å². The van der Waals surface area contributed by atoms with Crippen LogP contribution in [0.2, 0.25) is 5.02 Å². The molecular weight excluding hydrogens is 362 g/mol. The molecule has 0 aliphatic carbocycles. The molecule has 27 heavy (non-hydrogen) atoms. The van der Waals surface area contributed by atoms with E-state index in [1.165, 1.54) is 4.90 Å². The minimum Gasteiger partial charge on any atom is -0.356 e. The van der Waals surface area contributed by atoms with Crippen molar-refractivity contribution < 1.29 is 9.59 Å². The van der Waals surface area contributed by atoms with Crippen LogP contribution in [0.1, 0.15) is 29.8 Å². The number of imide groups is 1. The van der Waals surface area contributed by atoms with Crippen LogP contribution in [0.4, 0.5) is 4.79 Å². The number of fused-ring (bicyclic) bond motifs is 4. The van der Waals surface area contributed by atoms with Gasteiger partial charge in [0.05, 0.1) is 0 Å². The highest BCUT2D eigenvalue weighted by molar-refractivity contribution is 6.30. The molecule has 2 aliphatic rings. The summed E-state index contributed by atoms with van der Waals surface area (Å²) in [5, 5.41) is 1.75. The highest BCUT2D eigenvalue weighted by atomic mass is 35.5. The van der Waals surface area contributed by atoms with Gasteiger partial charge in [-0.1, -0.05) is 41.9 Å². The topological polar surface area (TPSA) is 56.4 Å². The molecule has 0 radical (unpaired) electrons. The van der Waals surface area contributed by atoms with E-state index in [1.54, 1.807) is 4.90 Å². The van der Waals surface area contributed by atoms with Crippen molar-refractivity contribution in [3.05, 3.63) is 70.4 Å². The van der Waals surface area contributed by atoms with Crippen LogP contribution in [0, 0.1) is 0 Å².